The molecule has 3 aliphatic heterocycles. The van der Waals surface area contributed by atoms with E-state index in [9.17, 15) is 14.4 Å². The molecule has 9 heteroatoms. The molecule has 3 aliphatic rings. The summed E-state index contributed by atoms with van der Waals surface area (Å²) in [7, 11) is 0. The quantitative estimate of drug-likeness (QED) is 0.586. The molecular formula is C25H24N4O4S. The molecule has 2 saturated heterocycles. The lowest BCUT2D eigenvalue weighted by molar-refractivity contribution is -0.140. The molecule has 0 unspecified atom stereocenters. The Morgan fingerprint density at radius 2 is 1.88 bits per heavy atom. The van der Waals surface area contributed by atoms with E-state index in [2.05, 4.69) is 11.4 Å². The van der Waals surface area contributed by atoms with Gasteiger partial charge < -0.3 is 15.0 Å². The zero-order chi connectivity index (χ0) is 23.3. The first-order valence-electron chi connectivity index (χ1n) is 11.5. The molecule has 4 amide bonds. The average Bonchev–Trinajstić information content (AvgIpc) is 3.40. The van der Waals surface area contributed by atoms with Crippen molar-refractivity contribution < 1.29 is 19.1 Å². The molecule has 1 spiro atoms. The third-order valence-electron chi connectivity index (χ3n) is 7.06. The molecule has 0 bridgehead atoms. The fourth-order valence-electron chi connectivity index (χ4n) is 5.19. The number of amides is 4. The second kappa shape index (κ2) is 8.09. The molecule has 0 radical (unpaired) electrons. The number of thiazole rings is 1. The zero-order valence-electron chi connectivity index (χ0n) is 18.5. The summed E-state index contributed by atoms with van der Waals surface area (Å²) < 4.78 is 6.85. The Hall–Kier alpha value is -3.46. The number of likely N-dealkylation sites (tertiary alicyclic amines) is 1. The molecule has 4 heterocycles. The van der Waals surface area contributed by atoms with E-state index in [0.29, 0.717) is 43.3 Å². The number of nitrogens with zero attached hydrogens (tertiary/aromatic N) is 3. The number of piperidine rings is 1. The Labute approximate surface area is 200 Å². The van der Waals surface area contributed by atoms with Crippen molar-refractivity contribution in [1.82, 2.24) is 20.1 Å². The molecule has 6 rings (SSSR count). The number of hydrogen-bond donors (Lipinski definition) is 1. The number of hydrogen-bond acceptors (Lipinski definition) is 6. The van der Waals surface area contributed by atoms with Gasteiger partial charge in [-0.25, -0.2) is 9.78 Å². The van der Waals surface area contributed by atoms with Crippen molar-refractivity contribution in [2.75, 3.05) is 26.2 Å². The topological polar surface area (TPSA) is 91.8 Å². The van der Waals surface area contributed by atoms with Gasteiger partial charge in [0.25, 0.3) is 5.91 Å². The minimum atomic E-state index is -1.16. The fraction of sp³-hybridized carbons (Fsp3) is 0.360. The van der Waals surface area contributed by atoms with Crippen LogP contribution in [0.25, 0.3) is 10.2 Å². The Bertz CT molecular complexity index is 1270. The third kappa shape index (κ3) is 3.34. The van der Waals surface area contributed by atoms with Gasteiger partial charge in [0.05, 0.1) is 21.8 Å². The molecule has 0 aliphatic carbocycles. The Morgan fingerprint density at radius 1 is 1.12 bits per heavy atom. The van der Waals surface area contributed by atoms with Crippen LogP contribution < -0.4 is 10.1 Å². The number of urea groups is 1. The monoisotopic (exact) mass is 476 g/mol. The van der Waals surface area contributed by atoms with Crippen LogP contribution in [-0.2, 0) is 15.1 Å². The van der Waals surface area contributed by atoms with E-state index in [1.165, 1.54) is 4.70 Å². The van der Waals surface area contributed by atoms with Gasteiger partial charge in [0.15, 0.2) is 5.54 Å². The summed E-state index contributed by atoms with van der Waals surface area (Å²) in [5, 5.41) is 3.97. The fourth-order valence-corrected chi connectivity index (χ4v) is 6.33. The first-order chi connectivity index (χ1) is 16.5. The average molecular weight is 477 g/mol. The first kappa shape index (κ1) is 21.1. The van der Waals surface area contributed by atoms with Crippen LogP contribution in [-0.4, -0.2) is 58.9 Å². The van der Waals surface area contributed by atoms with Gasteiger partial charge in [-0.15, -0.1) is 11.3 Å². The van der Waals surface area contributed by atoms with Crippen molar-refractivity contribution in [3.8, 4) is 5.75 Å². The summed E-state index contributed by atoms with van der Waals surface area (Å²) in [5.74, 6) is 0.322. The largest absolute Gasteiger partial charge is 0.493 e. The predicted octanol–water partition coefficient (Wildman–Crippen LogP) is 3.23. The van der Waals surface area contributed by atoms with Gasteiger partial charge >= 0.3 is 6.03 Å². The molecule has 34 heavy (non-hydrogen) atoms. The maximum absolute atomic E-state index is 13.4. The molecular weight excluding hydrogens is 452 g/mol. The molecule has 1 aromatic heterocycles. The van der Waals surface area contributed by atoms with E-state index in [1.807, 2.05) is 30.3 Å². The number of benzene rings is 2. The van der Waals surface area contributed by atoms with Crippen LogP contribution in [0.3, 0.4) is 0 Å². The van der Waals surface area contributed by atoms with Crippen LogP contribution in [0.2, 0.25) is 0 Å². The van der Waals surface area contributed by atoms with E-state index in [1.54, 1.807) is 28.4 Å². The van der Waals surface area contributed by atoms with Crippen LogP contribution in [0, 0.1) is 0 Å². The van der Waals surface area contributed by atoms with Crippen LogP contribution in [0.15, 0.2) is 48.5 Å². The van der Waals surface area contributed by atoms with E-state index in [-0.39, 0.29) is 18.4 Å². The van der Waals surface area contributed by atoms with Crippen LogP contribution in [0.4, 0.5) is 4.79 Å². The van der Waals surface area contributed by atoms with E-state index in [0.717, 1.165) is 28.3 Å². The number of ether oxygens (including phenoxy) is 1. The third-order valence-corrected chi connectivity index (χ3v) is 8.26. The van der Waals surface area contributed by atoms with Gasteiger partial charge in [0.2, 0.25) is 5.91 Å². The molecule has 1 N–H and O–H groups in total. The van der Waals surface area contributed by atoms with Crippen molar-refractivity contribution in [1.29, 1.82) is 0 Å². The molecule has 3 aromatic rings. The van der Waals surface area contributed by atoms with Gasteiger partial charge in [-0.05, 0) is 31.0 Å². The van der Waals surface area contributed by atoms with Crippen molar-refractivity contribution in [3.63, 3.8) is 0 Å². The summed E-state index contributed by atoms with van der Waals surface area (Å²) in [5.41, 5.74) is 0.501. The number of para-hydroxylation sites is 2. The number of fused-ring (bicyclic) bond motifs is 3. The highest BCUT2D eigenvalue weighted by Crippen LogP contribution is 2.41. The smallest absolute Gasteiger partial charge is 0.325 e. The second-order valence-corrected chi connectivity index (χ2v) is 10.1. The summed E-state index contributed by atoms with van der Waals surface area (Å²) in [4.78, 5) is 46.8. The molecule has 2 fully saturated rings. The van der Waals surface area contributed by atoms with Crippen molar-refractivity contribution >= 4 is 39.4 Å². The lowest BCUT2D eigenvalue weighted by atomic mass is 9.84. The molecule has 2 aromatic carbocycles. The van der Waals surface area contributed by atoms with Crippen LogP contribution in [0.5, 0.6) is 5.75 Å². The van der Waals surface area contributed by atoms with Crippen molar-refractivity contribution in [2.24, 2.45) is 0 Å². The van der Waals surface area contributed by atoms with Crippen LogP contribution in [0.1, 0.15) is 35.8 Å². The number of aromatic nitrogens is 1. The van der Waals surface area contributed by atoms with Crippen molar-refractivity contribution in [2.45, 2.75) is 30.7 Å². The van der Waals surface area contributed by atoms with Crippen LogP contribution >= 0.6 is 11.3 Å². The summed E-state index contributed by atoms with van der Waals surface area (Å²) >= 11 is 1.72. The van der Waals surface area contributed by atoms with Crippen molar-refractivity contribution in [3.05, 3.63) is 59.1 Å². The Morgan fingerprint density at radius 3 is 2.71 bits per heavy atom. The molecule has 8 nitrogen and oxygen atoms in total. The number of rotatable bonds is 3. The highest BCUT2D eigenvalue weighted by atomic mass is 32.1. The summed E-state index contributed by atoms with van der Waals surface area (Å²) in [6, 6.07) is 14.8. The maximum Gasteiger partial charge on any atom is 0.325 e. The van der Waals surface area contributed by atoms with Gasteiger partial charge in [0.1, 0.15) is 12.3 Å². The van der Waals surface area contributed by atoms with Gasteiger partial charge in [-0.1, -0.05) is 30.3 Å². The zero-order valence-corrected chi connectivity index (χ0v) is 19.3. The van der Waals surface area contributed by atoms with Gasteiger partial charge in [-0.3, -0.25) is 14.5 Å². The molecule has 1 atom stereocenters. The highest BCUT2D eigenvalue weighted by molar-refractivity contribution is 7.18. The number of imide groups is 1. The number of carbonyl (C=O) groups excluding carboxylic acids is 3. The minimum absolute atomic E-state index is 0.205. The molecule has 0 saturated carbocycles. The Balaban J connectivity index is 1.13. The predicted molar refractivity (Wildman–Crippen MR) is 127 cm³/mol. The number of carbonyl (C=O) groups is 3. The van der Waals surface area contributed by atoms with Gasteiger partial charge in [0, 0.05) is 31.0 Å². The summed E-state index contributed by atoms with van der Waals surface area (Å²) in [6.07, 6.45) is 1.98. The number of nitrogens with one attached hydrogen (secondary N) is 1. The normalized spacial score (nSPS) is 22.7. The maximum atomic E-state index is 13.4. The summed E-state index contributed by atoms with van der Waals surface area (Å²) in [6.45, 7) is 1.25. The van der Waals surface area contributed by atoms with E-state index in [4.69, 9.17) is 9.72 Å². The van der Waals surface area contributed by atoms with Gasteiger partial charge in [-0.2, -0.15) is 0 Å². The Kier molecular flexibility index (Phi) is 5.02. The highest BCUT2D eigenvalue weighted by Gasteiger charge is 2.55. The SMILES string of the molecule is O=C(CN1C(=O)N[C@@]2(CCOc3ccccc32)C1=O)N1CCC(c2nc3ccccc3s2)CC1. The minimum Gasteiger partial charge on any atom is -0.493 e. The lowest BCUT2D eigenvalue weighted by Gasteiger charge is -2.33. The first-order valence-corrected chi connectivity index (χ1v) is 12.4. The van der Waals surface area contributed by atoms with E-state index >= 15 is 0 Å². The standard InChI is InChI=1S/C25H24N4O4S/c30-21(28-12-9-16(10-13-28)22-26-18-6-2-4-8-20(18)34-22)15-29-23(31)25(27-24(29)32)11-14-33-19-7-3-1-5-17(19)25/h1-8,16H,9-15H2,(H,27,32)/t25-/m1/s1. The molecule has 174 valence electrons. The lowest BCUT2D eigenvalue weighted by Crippen LogP contribution is -2.49. The van der Waals surface area contributed by atoms with E-state index < -0.39 is 11.6 Å². The second-order valence-electron chi connectivity index (χ2n) is 9.00.